The van der Waals surface area contributed by atoms with Gasteiger partial charge in [-0.25, -0.2) is 13.1 Å². The molecule has 3 rings (SSSR count). The average molecular weight is 354 g/mol. The molecule has 0 aliphatic carbocycles. The van der Waals surface area contributed by atoms with Crippen molar-refractivity contribution in [3.8, 4) is 5.75 Å². The van der Waals surface area contributed by atoms with E-state index in [0.717, 1.165) is 19.3 Å². The molecule has 8 heteroatoms. The highest BCUT2D eigenvalue weighted by atomic mass is 32.2. The second-order valence-electron chi connectivity index (χ2n) is 5.97. The number of benzene rings is 1. The van der Waals surface area contributed by atoms with E-state index in [2.05, 4.69) is 4.72 Å². The van der Waals surface area contributed by atoms with Crippen molar-refractivity contribution in [2.24, 2.45) is 0 Å². The topological polar surface area (TPSA) is 84.9 Å². The molecule has 1 aromatic rings. The van der Waals surface area contributed by atoms with Gasteiger partial charge >= 0.3 is 0 Å². The fourth-order valence-electron chi connectivity index (χ4n) is 3.04. The molecule has 1 amide bonds. The number of ether oxygens (including phenoxy) is 2. The zero-order valence-electron chi connectivity index (χ0n) is 13.7. The molecule has 7 nitrogen and oxygen atoms in total. The molecule has 1 N–H and O–H groups in total. The number of rotatable bonds is 6. The van der Waals surface area contributed by atoms with E-state index < -0.39 is 10.0 Å². The van der Waals surface area contributed by atoms with Crippen LogP contribution in [-0.4, -0.2) is 47.2 Å². The van der Waals surface area contributed by atoms with Crippen LogP contribution in [0.15, 0.2) is 23.1 Å². The maximum atomic E-state index is 12.5. The van der Waals surface area contributed by atoms with E-state index in [0.29, 0.717) is 31.0 Å². The van der Waals surface area contributed by atoms with Crippen LogP contribution in [0.4, 0.5) is 5.69 Å². The number of hydrogen-bond acceptors (Lipinski definition) is 5. The first-order valence-corrected chi connectivity index (χ1v) is 9.59. The van der Waals surface area contributed by atoms with Gasteiger partial charge in [0.05, 0.1) is 23.8 Å². The predicted molar refractivity (Wildman–Crippen MR) is 88.7 cm³/mol. The number of hydrogen-bond donors (Lipinski definition) is 1. The van der Waals surface area contributed by atoms with Crippen molar-refractivity contribution in [1.82, 2.24) is 4.72 Å². The molecule has 1 aromatic carbocycles. The highest BCUT2D eigenvalue weighted by Crippen LogP contribution is 2.33. The van der Waals surface area contributed by atoms with E-state index in [1.54, 1.807) is 11.0 Å². The molecule has 2 aliphatic heterocycles. The lowest BCUT2D eigenvalue weighted by Crippen LogP contribution is -2.32. The Morgan fingerprint density at radius 3 is 2.83 bits per heavy atom. The minimum atomic E-state index is -3.67. The Kier molecular flexibility index (Phi) is 5.07. The lowest BCUT2D eigenvalue weighted by atomic mass is 10.2. The van der Waals surface area contributed by atoms with E-state index in [1.165, 1.54) is 19.2 Å². The third kappa shape index (κ3) is 3.55. The number of nitrogens with one attached hydrogen (secondary N) is 1. The van der Waals surface area contributed by atoms with Crippen LogP contribution in [0, 0.1) is 0 Å². The maximum absolute atomic E-state index is 12.5. The van der Waals surface area contributed by atoms with E-state index in [1.807, 2.05) is 0 Å². The lowest BCUT2D eigenvalue weighted by molar-refractivity contribution is -0.117. The molecule has 0 unspecified atom stereocenters. The second-order valence-corrected chi connectivity index (χ2v) is 7.74. The zero-order valence-corrected chi connectivity index (χ0v) is 14.5. The first-order chi connectivity index (χ1) is 11.5. The predicted octanol–water partition coefficient (Wildman–Crippen LogP) is 1.28. The summed E-state index contributed by atoms with van der Waals surface area (Å²) in [4.78, 5) is 13.7. The molecule has 0 spiro atoms. The number of sulfonamides is 1. The Labute approximate surface area is 142 Å². The smallest absolute Gasteiger partial charge is 0.240 e. The van der Waals surface area contributed by atoms with Gasteiger partial charge in [0, 0.05) is 26.1 Å². The van der Waals surface area contributed by atoms with Crippen molar-refractivity contribution in [2.75, 3.05) is 31.7 Å². The van der Waals surface area contributed by atoms with Gasteiger partial charge in [-0.2, -0.15) is 0 Å². The standard InChI is InChI=1S/C16H22N2O5S/c1-22-15-7-6-13(10-14(15)18-8-2-5-16(18)19)24(20,21)17-11-12-4-3-9-23-12/h6-7,10,12,17H,2-5,8-9,11H2,1H3/t12-/m1/s1. The van der Waals surface area contributed by atoms with Crippen LogP contribution >= 0.6 is 0 Å². The fourth-order valence-corrected chi connectivity index (χ4v) is 4.13. The molecule has 24 heavy (non-hydrogen) atoms. The summed E-state index contributed by atoms with van der Waals surface area (Å²) in [6, 6.07) is 4.57. The van der Waals surface area contributed by atoms with Gasteiger partial charge in [0.1, 0.15) is 5.75 Å². The molecule has 0 radical (unpaired) electrons. The zero-order chi connectivity index (χ0) is 17.2. The monoisotopic (exact) mass is 354 g/mol. The molecular formula is C16H22N2O5S. The number of carbonyl (C=O) groups is 1. The van der Waals surface area contributed by atoms with Crippen molar-refractivity contribution in [3.63, 3.8) is 0 Å². The molecular weight excluding hydrogens is 332 g/mol. The number of methoxy groups -OCH3 is 1. The van der Waals surface area contributed by atoms with Crippen molar-refractivity contribution in [3.05, 3.63) is 18.2 Å². The van der Waals surface area contributed by atoms with E-state index in [-0.39, 0.29) is 23.5 Å². The van der Waals surface area contributed by atoms with Crippen LogP contribution in [-0.2, 0) is 19.6 Å². The normalized spacial score (nSPS) is 21.5. The lowest BCUT2D eigenvalue weighted by Gasteiger charge is -2.20. The van der Waals surface area contributed by atoms with Crippen molar-refractivity contribution >= 4 is 21.6 Å². The van der Waals surface area contributed by atoms with Gasteiger partial charge in [-0.05, 0) is 37.5 Å². The Morgan fingerprint density at radius 2 is 2.21 bits per heavy atom. The molecule has 132 valence electrons. The molecule has 2 fully saturated rings. The van der Waals surface area contributed by atoms with Crippen LogP contribution < -0.4 is 14.4 Å². The Balaban J connectivity index is 1.83. The Morgan fingerprint density at radius 1 is 1.38 bits per heavy atom. The van der Waals surface area contributed by atoms with Gasteiger partial charge < -0.3 is 14.4 Å². The van der Waals surface area contributed by atoms with Crippen LogP contribution in [0.1, 0.15) is 25.7 Å². The maximum Gasteiger partial charge on any atom is 0.240 e. The summed E-state index contributed by atoms with van der Waals surface area (Å²) in [6.45, 7) is 1.50. The van der Waals surface area contributed by atoms with E-state index >= 15 is 0 Å². The van der Waals surface area contributed by atoms with Crippen molar-refractivity contribution in [1.29, 1.82) is 0 Å². The molecule has 2 heterocycles. The summed E-state index contributed by atoms with van der Waals surface area (Å²) in [5.41, 5.74) is 0.500. The van der Waals surface area contributed by atoms with Crippen LogP contribution in [0.5, 0.6) is 5.75 Å². The van der Waals surface area contributed by atoms with E-state index in [4.69, 9.17) is 9.47 Å². The Hall–Kier alpha value is -1.64. The minimum Gasteiger partial charge on any atom is -0.495 e. The highest BCUT2D eigenvalue weighted by Gasteiger charge is 2.27. The molecule has 0 saturated carbocycles. The van der Waals surface area contributed by atoms with Crippen LogP contribution in [0.2, 0.25) is 0 Å². The first-order valence-electron chi connectivity index (χ1n) is 8.11. The number of amides is 1. The number of nitrogens with zero attached hydrogens (tertiary/aromatic N) is 1. The summed E-state index contributed by atoms with van der Waals surface area (Å²) < 4.78 is 38.4. The van der Waals surface area contributed by atoms with Gasteiger partial charge in [0.25, 0.3) is 0 Å². The molecule has 1 atom stereocenters. The third-order valence-corrected chi connectivity index (χ3v) is 5.77. The van der Waals surface area contributed by atoms with E-state index in [9.17, 15) is 13.2 Å². The summed E-state index contributed by atoms with van der Waals surface area (Å²) in [6.07, 6.45) is 2.97. The van der Waals surface area contributed by atoms with Gasteiger partial charge in [-0.15, -0.1) is 0 Å². The highest BCUT2D eigenvalue weighted by molar-refractivity contribution is 7.89. The number of carbonyl (C=O) groups excluding carboxylic acids is 1. The summed E-state index contributed by atoms with van der Waals surface area (Å²) >= 11 is 0. The van der Waals surface area contributed by atoms with Crippen LogP contribution in [0.25, 0.3) is 0 Å². The van der Waals surface area contributed by atoms with Gasteiger partial charge in [0.15, 0.2) is 0 Å². The van der Waals surface area contributed by atoms with Gasteiger partial charge in [-0.1, -0.05) is 0 Å². The molecule has 2 saturated heterocycles. The Bertz CT molecular complexity index is 713. The molecule has 0 aromatic heterocycles. The van der Waals surface area contributed by atoms with Gasteiger partial charge in [0.2, 0.25) is 15.9 Å². The summed E-state index contributed by atoms with van der Waals surface area (Å²) in [5.74, 6) is 0.471. The fraction of sp³-hybridized carbons (Fsp3) is 0.562. The van der Waals surface area contributed by atoms with Gasteiger partial charge in [-0.3, -0.25) is 4.79 Å². The largest absolute Gasteiger partial charge is 0.495 e. The quantitative estimate of drug-likeness (QED) is 0.832. The summed E-state index contributed by atoms with van der Waals surface area (Å²) in [5, 5.41) is 0. The molecule has 0 bridgehead atoms. The SMILES string of the molecule is COc1ccc(S(=O)(=O)NC[C@H]2CCCO2)cc1N1CCCC1=O. The van der Waals surface area contributed by atoms with Crippen LogP contribution in [0.3, 0.4) is 0 Å². The second kappa shape index (κ2) is 7.08. The average Bonchev–Trinajstić information content (AvgIpc) is 3.24. The van der Waals surface area contributed by atoms with Crippen molar-refractivity contribution in [2.45, 2.75) is 36.7 Å². The van der Waals surface area contributed by atoms with Crippen molar-refractivity contribution < 1.29 is 22.7 Å². The molecule has 2 aliphatic rings. The number of anilines is 1. The first kappa shape index (κ1) is 17.2. The minimum absolute atomic E-state index is 0.0184. The third-order valence-electron chi connectivity index (χ3n) is 4.35. The summed E-state index contributed by atoms with van der Waals surface area (Å²) in [7, 11) is -2.16.